The number of phenolic OH excluding ortho intramolecular Hbond substituents is 1. The number of likely N-dealkylation sites (tertiary alicyclic amines) is 1. The fourth-order valence-corrected chi connectivity index (χ4v) is 6.39. The molecule has 1 saturated carbocycles. The Morgan fingerprint density at radius 1 is 0.973 bits per heavy atom. The normalized spacial score (nSPS) is 20.8. The molecule has 3 heterocycles. The molecule has 1 aromatic heterocycles. The van der Waals surface area contributed by atoms with E-state index in [4.69, 9.17) is 9.72 Å². The van der Waals surface area contributed by atoms with E-state index >= 15 is 0 Å². The Hall–Kier alpha value is -2.64. The van der Waals surface area contributed by atoms with Gasteiger partial charge in [0, 0.05) is 62.0 Å². The van der Waals surface area contributed by atoms with Crippen LogP contribution in [0.1, 0.15) is 78.2 Å². The van der Waals surface area contributed by atoms with Crippen LogP contribution in [0, 0.1) is 6.92 Å². The minimum Gasteiger partial charge on any atom is -0.507 e. The molecule has 1 amide bonds. The lowest BCUT2D eigenvalue weighted by Gasteiger charge is -2.41. The summed E-state index contributed by atoms with van der Waals surface area (Å²) in [6.07, 6.45) is 8.63. The Kier molecular flexibility index (Phi) is 8.30. The first-order valence-corrected chi connectivity index (χ1v) is 14.1. The van der Waals surface area contributed by atoms with Gasteiger partial charge in [-0.05, 0) is 63.9 Å². The van der Waals surface area contributed by atoms with Crippen molar-refractivity contribution in [2.75, 3.05) is 46.4 Å². The number of aryl methyl sites for hydroxylation is 1. The van der Waals surface area contributed by atoms with E-state index in [2.05, 4.69) is 14.7 Å². The number of carbonyl (C=O) groups is 1. The highest BCUT2D eigenvalue weighted by Gasteiger charge is 2.31. The number of benzene rings is 1. The number of piperazine rings is 1. The maximum Gasteiger partial charge on any atom is 0.255 e. The average molecular weight is 507 g/mol. The van der Waals surface area contributed by atoms with Crippen molar-refractivity contribution in [3.05, 3.63) is 52.8 Å². The number of aromatic nitrogens is 1. The second-order valence-corrected chi connectivity index (χ2v) is 11.1. The predicted molar refractivity (Wildman–Crippen MR) is 145 cm³/mol. The van der Waals surface area contributed by atoms with Crippen molar-refractivity contribution in [1.82, 2.24) is 19.7 Å². The van der Waals surface area contributed by atoms with Crippen molar-refractivity contribution in [3.8, 4) is 11.5 Å². The zero-order chi connectivity index (χ0) is 25.8. The van der Waals surface area contributed by atoms with Gasteiger partial charge in [0.1, 0.15) is 11.5 Å². The van der Waals surface area contributed by atoms with Gasteiger partial charge < -0.3 is 14.7 Å². The second-order valence-electron chi connectivity index (χ2n) is 11.1. The molecule has 37 heavy (non-hydrogen) atoms. The number of ether oxygens (including phenoxy) is 1. The van der Waals surface area contributed by atoms with E-state index in [-0.39, 0.29) is 17.6 Å². The molecule has 0 spiro atoms. The Balaban J connectivity index is 1.20. The molecular formula is C30H42N4O3. The number of phenols is 1. The molecule has 2 saturated heterocycles. The summed E-state index contributed by atoms with van der Waals surface area (Å²) < 4.78 is 5.21. The van der Waals surface area contributed by atoms with E-state index in [1.54, 1.807) is 13.2 Å². The summed E-state index contributed by atoms with van der Waals surface area (Å²) in [6, 6.07) is 10.2. The van der Waals surface area contributed by atoms with Crippen LogP contribution >= 0.6 is 0 Å². The first-order chi connectivity index (χ1) is 18.0. The number of carbonyl (C=O) groups excluding carboxylic acids is 1. The van der Waals surface area contributed by atoms with Crippen LogP contribution in [0.15, 0.2) is 30.3 Å². The molecule has 200 valence electrons. The third-order valence-corrected chi connectivity index (χ3v) is 8.65. The van der Waals surface area contributed by atoms with Crippen LogP contribution in [0.25, 0.3) is 0 Å². The van der Waals surface area contributed by atoms with Crippen LogP contribution < -0.4 is 4.74 Å². The predicted octanol–water partition coefficient (Wildman–Crippen LogP) is 4.57. The minimum atomic E-state index is 0.149. The Labute approximate surface area is 221 Å². The van der Waals surface area contributed by atoms with Crippen LogP contribution in [0.5, 0.6) is 11.5 Å². The van der Waals surface area contributed by atoms with E-state index in [1.807, 2.05) is 31.2 Å². The minimum absolute atomic E-state index is 0.149. The molecule has 1 N–H and O–H groups in total. The average Bonchev–Trinajstić information content (AvgIpc) is 2.94. The van der Waals surface area contributed by atoms with Gasteiger partial charge >= 0.3 is 0 Å². The number of nitrogens with zero attached hydrogens (tertiary/aromatic N) is 4. The van der Waals surface area contributed by atoms with Crippen LogP contribution in [-0.2, 0) is 6.54 Å². The lowest BCUT2D eigenvalue weighted by molar-refractivity contribution is 0.0520. The summed E-state index contributed by atoms with van der Waals surface area (Å²) in [6.45, 7) is 8.16. The zero-order valence-electron chi connectivity index (χ0n) is 22.5. The van der Waals surface area contributed by atoms with E-state index in [0.717, 1.165) is 74.6 Å². The van der Waals surface area contributed by atoms with E-state index < -0.39 is 0 Å². The lowest BCUT2D eigenvalue weighted by Crippen LogP contribution is -2.52. The second kappa shape index (κ2) is 11.8. The molecule has 0 radical (unpaired) electrons. The summed E-state index contributed by atoms with van der Waals surface area (Å²) >= 11 is 0. The van der Waals surface area contributed by atoms with Gasteiger partial charge in [-0.3, -0.25) is 19.6 Å². The lowest BCUT2D eigenvalue weighted by atomic mass is 9.89. The third kappa shape index (κ3) is 6.10. The molecule has 2 aromatic rings. The van der Waals surface area contributed by atoms with Crippen molar-refractivity contribution < 1.29 is 14.6 Å². The summed E-state index contributed by atoms with van der Waals surface area (Å²) in [5, 5.41) is 10.4. The Bertz CT molecular complexity index is 1070. The monoisotopic (exact) mass is 506 g/mol. The molecule has 3 aliphatic rings. The number of aromatic hydroxyl groups is 1. The van der Waals surface area contributed by atoms with Gasteiger partial charge in [-0.15, -0.1) is 0 Å². The summed E-state index contributed by atoms with van der Waals surface area (Å²) in [4.78, 5) is 25.6. The van der Waals surface area contributed by atoms with Gasteiger partial charge in [0.05, 0.1) is 18.4 Å². The number of hydrogen-bond donors (Lipinski definition) is 1. The van der Waals surface area contributed by atoms with Crippen LogP contribution in [0.3, 0.4) is 0 Å². The van der Waals surface area contributed by atoms with E-state index in [9.17, 15) is 9.90 Å². The van der Waals surface area contributed by atoms with Gasteiger partial charge in [0.15, 0.2) is 0 Å². The molecule has 7 nitrogen and oxygen atoms in total. The van der Waals surface area contributed by atoms with Gasteiger partial charge in [0.2, 0.25) is 0 Å². The van der Waals surface area contributed by atoms with E-state index in [1.165, 1.54) is 32.1 Å². The number of methoxy groups -OCH3 is 1. The fraction of sp³-hybridized carbons (Fsp3) is 0.600. The number of amides is 1. The third-order valence-electron chi connectivity index (χ3n) is 8.65. The van der Waals surface area contributed by atoms with E-state index in [0.29, 0.717) is 18.3 Å². The van der Waals surface area contributed by atoms with Crippen molar-refractivity contribution in [3.63, 3.8) is 0 Å². The summed E-state index contributed by atoms with van der Waals surface area (Å²) in [5.74, 6) is 1.37. The largest absolute Gasteiger partial charge is 0.507 e. The smallest absolute Gasteiger partial charge is 0.255 e. The van der Waals surface area contributed by atoms with Crippen LogP contribution in [0.2, 0.25) is 0 Å². The molecule has 7 heteroatoms. The standard InChI is InChI=1S/C30H42N4O3/c1-22-8-11-27(30(36)34-18-16-33(17-19-34)25-6-4-3-5-7-25)29(31-22)23-12-14-32(15-13-23)21-24-9-10-26(37-2)20-28(24)35/h8-11,20,23,25,35H,3-7,12-19,21H2,1-2H3. The highest BCUT2D eigenvalue weighted by molar-refractivity contribution is 5.95. The van der Waals surface area contributed by atoms with Crippen molar-refractivity contribution >= 4 is 5.91 Å². The first-order valence-electron chi connectivity index (χ1n) is 14.1. The Morgan fingerprint density at radius 3 is 2.38 bits per heavy atom. The highest BCUT2D eigenvalue weighted by Crippen LogP contribution is 2.32. The topological polar surface area (TPSA) is 69.1 Å². The quantitative estimate of drug-likeness (QED) is 0.619. The summed E-state index contributed by atoms with van der Waals surface area (Å²) in [7, 11) is 1.61. The molecular weight excluding hydrogens is 464 g/mol. The number of piperidine rings is 1. The maximum atomic E-state index is 13.7. The highest BCUT2D eigenvalue weighted by atomic mass is 16.5. The van der Waals surface area contributed by atoms with Gasteiger partial charge in [-0.25, -0.2) is 0 Å². The zero-order valence-corrected chi connectivity index (χ0v) is 22.5. The van der Waals surface area contributed by atoms with Gasteiger partial charge in [-0.2, -0.15) is 0 Å². The Morgan fingerprint density at radius 2 is 1.70 bits per heavy atom. The molecule has 5 rings (SSSR count). The molecule has 3 fully saturated rings. The van der Waals surface area contributed by atoms with Crippen LogP contribution in [-0.4, -0.2) is 83.1 Å². The van der Waals surface area contributed by atoms with Gasteiger partial charge in [-0.1, -0.05) is 25.3 Å². The molecule has 1 aromatic carbocycles. The van der Waals surface area contributed by atoms with Gasteiger partial charge in [0.25, 0.3) is 5.91 Å². The maximum absolute atomic E-state index is 13.7. The number of hydrogen-bond acceptors (Lipinski definition) is 6. The van der Waals surface area contributed by atoms with Crippen molar-refractivity contribution in [2.45, 2.75) is 70.4 Å². The molecule has 0 atom stereocenters. The van der Waals surface area contributed by atoms with Crippen molar-refractivity contribution in [1.29, 1.82) is 0 Å². The molecule has 0 bridgehead atoms. The summed E-state index contributed by atoms with van der Waals surface area (Å²) in [5.41, 5.74) is 3.66. The molecule has 2 aliphatic heterocycles. The fourth-order valence-electron chi connectivity index (χ4n) is 6.39. The number of rotatable bonds is 6. The first kappa shape index (κ1) is 26.0. The molecule has 0 unspecified atom stereocenters. The molecule has 1 aliphatic carbocycles. The number of pyridine rings is 1. The van der Waals surface area contributed by atoms with Crippen molar-refractivity contribution in [2.24, 2.45) is 0 Å². The SMILES string of the molecule is COc1ccc(CN2CCC(c3nc(C)ccc3C(=O)N3CCN(C4CCCCC4)CC3)CC2)c(O)c1. The van der Waals surface area contributed by atoms with Crippen LogP contribution in [0.4, 0.5) is 0 Å².